The van der Waals surface area contributed by atoms with Gasteiger partial charge in [-0.05, 0) is 50.3 Å². The molecule has 25 heavy (non-hydrogen) atoms. The molecule has 0 atom stereocenters. The zero-order valence-corrected chi connectivity index (χ0v) is 16.2. The van der Waals surface area contributed by atoms with E-state index in [2.05, 4.69) is 15.4 Å². The van der Waals surface area contributed by atoms with E-state index in [1.54, 1.807) is 12.1 Å². The van der Waals surface area contributed by atoms with Crippen molar-refractivity contribution in [2.75, 3.05) is 24.7 Å². The van der Waals surface area contributed by atoms with E-state index in [0.717, 1.165) is 17.4 Å². The number of benzene rings is 1. The summed E-state index contributed by atoms with van der Waals surface area (Å²) < 4.78 is 25.8. The number of carbonyl (C=O) groups excluding carboxylic acids is 1. The number of sulfonamides is 1. The lowest BCUT2D eigenvalue weighted by molar-refractivity contribution is 0.252. The van der Waals surface area contributed by atoms with Crippen LogP contribution in [0.25, 0.3) is 0 Å². The molecule has 0 saturated heterocycles. The number of hydrogen-bond acceptors (Lipinski definition) is 4. The summed E-state index contributed by atoms with van der Waals surface area (Å²) in [4.78, 5) is 12.0. The van der Waals surface area contributed by atoms with Gasteiger partial charge in [0.15, 0.2) is 0 Å². The maximum Gasteiger partial charge on any atom is 0.319 e. The predicted molar refractivity (Wildman–Crippen MR) is 104 cm³/mol. The van der Waals surface area contributed by atoms with Crippen molar-refractivity contribution in [3.63, 3.8) is 0 Å². The molecule has 1 fully saturated rings. The Kier molecular flexibility index (Phi) is 8.05. The van der Waals surface area contributed by atoms with Crippen LogP contribution in [0, 0.1) is 0 Å². The Morgan fingerprint density at radius 2 is 2.00 bits per heavy atom. The van der Waals surface area contributed by atoms with Crippen molar-refractivity contribution in [2.24, 2.45) is 0 Å². The van der Waals surface area contributed by atoms with Gasteiger partial charge < -0.3 is 10.6 Å². The predicted octanol–water partition coefficient (Wildman–Crippen LogP) is 3.17. The van der Waals surface area contributed by atoms with Gasteiger partial charge in [0.05, 0.1) is 4.90 Å². The molecule has 1 aliphatic rings. The summed E-state index contributed by atoms with van der Waals surface area (Å²) in [5.41, 5.74) is 0.449. The van der Waals surface area contributed by atoms with Gasteiger partial charge in [0.25, 0.3) is 0 Å². The molecule has 1 saturated carbocycles. The second kappa shape index (κ2) is 10.0. The van der Waals surface area contributed by atoms with E-state index in [-0.39, 0.29) is 10.9 Å². The van der Waals surface area contributed by atoms with E-state index >= 15 is 0 Å². The van der Waals surface area contributed by atoms with Gasteiger partial charge in [-0.2, -0.15) is 11.8 Å². The highest BCUT2D eigenvalue weighted by Gasteiger charge is 2.14. The number of carbonyl (C=O) groups is 1. The highest BCUT2D eigenvalue weighted by atomic mass is 32.2. The standard InChI is InChI=1S/C17H27N3O3S2/c1-18-25(22,23)16-10-5-7-14(13-16)20-17(21)19-11-6-12-24-15-8-3-2-4-9-15/h5,7,10,13,15,18H,2-4,6,8-9,11-12H2,1H3,(H2,19,20,21). The highest BCUT2D eigenvalue weighted by molar-refractivity contribution is 7.99. The fraction of sp³-hybridized carbons (Fsp3) is 0.588. The normalized spacial score (nSPS) is 15.7. The average molecular weight is 386 g/mol. The molecule has 0 bridgehead atoms. The first-order chi connectivity index (χ1) is 12.0. The molecule has 0 heterocycles. The third-order valence-electron chi connectivity index (χ3n) is 4.18. The van der Waals surface area contributed by atoms with E-state index in [4.69, 9.17) is 0 Å². The first-order valence-electron chi connectivity index (χ1n) is 8.71. The summed E-state index contributed by atoms with van der Waals surface area (Å²) in [5, 5.41) is 6.27. The topological polar surface area (TPSA) is 87.3 Å². The van der Waals surface area contributed by atoms with E-state index in [0.29, 0.717) is 12.2 Å². The van der Waals surface area contributed by atoms with Gasteiger partial charge in [0.1, 0.15) is 0 Å². The van der Waals surface area contributed by atoms with Crippen LogP contribution in [0.4, 0.5) is 10.5 Å². The van der Waals surface area contributed by atoms with E-state index in [9.17, 15) is 13.2 Å². The largest absolute Gasteiger partial charge is 0.338 e. The van der Waals surface area contributed by atoms with E-state index in [1.807, 2.05) is 11.8 Å². The minimum Gasteiger partial charge on any atom is -0.338 e. The minimum absolute atomic E-state index is 0.122. The summed E-state index contributed by atoms with van der Waals surface area (Å²) in [7, 11) is -2.16. The molecular weight excluding hydrogens is 358 g/mol. The molecule has 1 aromatic rings. The van der Waals surface area contributed by atoms with Crippen molar-refractivity contribution in [3.05, 3.63) is 24.3 Å². The average Bonchev–Trinajstić information content (AvgIpc) is 2.62. The van der Waals surface area contributed by atoms with Crippen LogP contribution in [0.2, 0.25) is 0 Å². The number of thioether (sulfide) groups is 1. The Morgan fingerprint density at radius 1 is 1.24 bits per heavy atom. The first-order valence-corrected chi connectivity index (χ1v) is 11.2. The Bertz CT molecular complexity index is 659. The van der Waals surface area contributed by atoms with E-state index in [1.165, 1.54) is 51.3 Å². The monoisotopic (exact) mass is 385 g/mol. The van der Waals surface area contributed by atoms with Crippen molar-refractivity contribution in [3.8, 4) is 0 Å². The zero-order chi connectivity index (χ0) is 18.1. The second-order valence-corrected chi connectivity index (χ2v) is 9.40. The molecule has 0 aliphatic heterocycles. The van der Waals surface area contributed by atoms with Gasteiger partial charge in [-0.1, -0.05) is 25.3 Å². The smallest absolute Gasteiger partial charge is 0.319 e. The Labute approximate surface area is 154 Å². The van der Waals surface area contributed by atoms with Crippen LogP contribution in [0.5, 0.6) is 0 Å². The van der Waals surface area contributed by atoms with Crippen LogP contribution >= 0.6 is 11.8 Å². The molecule has 1 aromatic carbocycles. The van der Waals surface area contributed by atoms with Gasteiger partial charge in [0, 0.05) is 17.5 Å². The maximum atomic E-state index is 11.9. The minimum atomic E-state index is -3.52. The molecule has 8 heteroatoms. The molecule has 140 valence electrons. The van der Waals surface area contributed by atoms with Crippen LogP contribution in [-0.4, -0.2) is 39.0 Å². The summed E-state index contributed by atoms with van der Waals surface area (Å²) in [6.45, 7) is 0.611. The summed E-state index contributed by atoms with van der Waals surface area (Å²) in [5.74, 6) is 1.06. The van der Waals surface area contributed by atoms with Crippen molar-refractivity contribution in [2.45, 2.75) is 48.7 Å². The summed E-state index contributed by atoms with van der Waals surface area (Å²) in [6, 6.07) is 5.86. The molecule has 1 aliphatic carbocycles. The molecule has 0 radical (unpaired) electrons. The molecule has 0 unspecified atom stereocenters. The van der Waals surface area contributed by atoms with Crippen LogP contribution in [-0.2, 0) is 10.0 Å². The fourth-order valence-corrected chi connectivity index (χ4v) is 4.88. The number of urea groups is 1. The Balaban J connectivity index is 1.69. The number of amides is 2. The van der Waals surface area contributed by atoms with Gasteiger partial charge in [-0.25, -0.2) is 17.9 Å². The Morgan fingerprint density at radius 3 is 2.72 bits per heavy atom. The van der Waals surface area contributed by atoms with Crippen molar-refractivity contribution in [1.29, 1.82) is 0 Å². The van der Waals surface area contributed by atoms with Gasteiger partial charge in [-0.15, -0.1) is 0 Å². The highest BCUT2D eigenvalue weighted by Crippen LogP contribution is 2.28. The van der Waals surface area contributed by atoms with Gasteiger partial charge >= 0.3 is 6.03 Å². The second-order valence-electron chi connectivity index (χ2n) is 6.10. The number of hydrogen-bond donors (Lipinski definition) is 3. The van der Waals surface area contributed by atoms with Crippen molar-refractivity contribution < 1.29 is 13.2 Å². The molecule has 0 spiro atoms. The van der Waals surface area contributed by atoms with Gasteiger partial charge in [0.2, 0.25) is 10.0 Å². The van der Waals surface area contributed by atoms with Crippen LogP contribution in [0.3, 0.4) is 0 Å². The number of nitrogens with one attached hydrogen (secondary N) is 3. The molecular formula is C17H27N3O3S2. The molecule has 6 nitrogen and oxygen atoms in total. The van der Waals surface area contributed by atoms with Crippen LogP contribution in [0.1, 0.15) is 38.5 Å². The van der Waals surface area contributed by atoms with Crippen LogP contribution < -0.4 is 15.4 Å². The van der Waals surface area contributed by atoms with E-state index < -0.39 is 10.0 Å². The quantitative estimate of drug-likeness (QED) is 0.600. The molecule has 0 aromatic heterocycles. The third-order valence-corrected chi connectivity index (χ3v) is 7.06. The summed E-state index contributed by atoms with van der Waals surface area (Å²) >= 11 is 2.01. The lowest BCUT2D eigenvalue weighted by Gasteiger charge is -2.20. The summed E-state index contributed by atoms with van der Waals surface area (Å²) in [6.07, 6.45) is 7.65. The van der Waals surface area contributed by atoms with Crippen molar-refractivity contribution >= 4 is 33.5 Å². The Hall–Kier alpha value is -1.25. The third kappa shape index (κ3) is 6.87. The molecule has 3 N–H and O–H groups in total. The lowest BCUT2D eigenvalue weighted by Crippen LogP contribution is -2.30. The SMILES string of the molecule is CNS(=O)(=O)c1cccc(NC(=O)NCCCSC2CCCCC2)c1. The number of anilines is 1. The maximum absolute atomic E-state index is 11.9. The first kappa shape index (κ1) is 20.1. The zero-order valence-electron chi connectivity index (χ0n) is 14.6. The van der Waals surface area contributed by atoms with Crippen molar-refractivity contribution in [1.82, 2.24) is 10.0 Å². The molecule has 2 rings (SSSR count). The lowest BCUT2D eigenvalue weighted by atomic mass is 10.0. The van der Waals surface area contributed by atoms with Crippen LogP contribution in [0.15, 0.2) is 29.2 Å². The van der Waals surface area contributed by atoms with Gasteiger partial charge in [-0.3, -0.25) is 0 Å². The molecule has 2 amide bonds. The number of rotatable bonds is 8. The fourth-order valence-electron chi connectivity index (χ4n) is 2.79.